The molecule has 14 nitrogen and oxygen atoms in total. The fourth-order valence-electron chi connectivity index (χ4n) is 9.24. The Morgan fingerprint density at radius 1 is 0.815 bits per heavy atom. The highest BCUT2D eigenvalue weighted by Crippen LogP contribution is 2.42. The van der Waals surface area contributed by atoms with Gasteiger partial charge in [-0.15, -0.1) is 0 Å². The molecule has 0 aliphatic carbocycles. The Balaban J connectivity index is 2.26. The zero-order chi connectivity index (χ0) is 41.1. The molecule has 316 valence electrons. The molecule has 14 heteroatoms. The third kappa shape index (κ3) is 9.69. The first kappa shape index (κ1) is 47.1. The van der Waals surface area contributed by atoms with Crippen LogP contribution in [0.5, 0.6) is 0 Å². The molecule has 18 atom stereocenters. The van der Waals surface area contributed by atoms with Crippen molar-refractivity contribution in [3.05, 3.63) is 0 Å². The number of aliphatic hydroxyl groups excluding tert-OH is 2. The minimum atomic E-state index is -1.19. The molecule has 0 bridgehead atoms. The molecule has 3 fully saturated rings. The molecular formula is C40H73NO13. The maximum Gasteiger partial charge on any atom is 0.311 e. The van der Waals surface area contributed by atoms with Crippen molar-refractivity contribution < 1.29 is 62.4 Å². The molecule has 0 unspecified atom stereocenters. The van der Waals surface area contributed by atoms with Crippen LogP contribution in [0.4, 0.5) is 0 Å². The van der Waals surface area contributed by atoms with Crippen molar-refractivity contribution >= 4 is 11.8 Å². The van der Waals surface area contributed by atoms with Gasteiger partial charge in [0.05, 0.1) is 47.6 Å². The van der Waals surface area contributed by atoms with E-state index in [4.69, 9.17) is 42.6 Å². The highest BCUT2D eigenvalue weighted by Gasteiger charge is 2.54. The Bertz CT molecular complexity index is 1220. The average Bonchev–Trinajstić information content (AvgIpc) is 3.13. The zero-order valence-corrected chi connectivity index (χ0v) is 35.8. The van der Waals surface area contributed by atoms with E-state index in [9.17, 15) is 19.8 Å². The molecule has 0 saturated carbocycles. The molecule has 54 heavy (non-hydrogen) atoms. The SMILES string of the molecule is CC[C@H]1OC(=O)[C@H](C)[C@@H](O[C@H]2C[C@@](C)(OC)[C@@H](O)[C@H](C)O2)[C@H](C)[C@@H](O[C@@H]2O[C@H](C)C[C@H](N(C)C)[C@H]2O)[C@](C)(OC)C[C@@H](C)C(=O)[C@H](C)[C@@H](OC)[C@]1(C)OC. The van der Waals surface area contributed by atoms with Crippen LogP contribution >= 0.6 is 0 Å². The van der Waals surface area contributed by atoms with E-state index < -0.39 is 102 Å². The van der Waals surface area contributed by atoms with Crippen molar-refractivity contribution in [2.24, 2.45) is 23.7 Å². The predicted molar refractivity (Wildman–Crippen MR) is 201 cm³/mol. The van der Waals surface area contributed by atoms with Gasteiger partial charge in [-0.25, -0.2) is 0 Å². The van der Waals surface area contributed by atoms with E-state index in [1.165, 1.54) is 21.3 Å². The molecule has 3 rings (SSSR count). The van der Waals surface area contributed by atoms with E-state index in [0.717, 1.165) is 0 Å². The molecule has 0 aromatic carbocycles. The van der Waals surface area contributed by atoms with E-state index in [2.05, 4.69) is 0 Å². The van der Waals surface area contributed by atoms with Gasteiger partial charge < -0.3 is 57.7 Å². The molecular weight excluding hydrogens is 702 g/mol. The van der Waals surface area contributed by atoms with Crippen LogP contribution in [0.2, 0.25) is 0 Å². The summed E-state index contributed by atoms with van der Waals surface area (Å²) in [6.07, 6.45) is -6.88. The molecule has 3 aliphatic rings. The lowest BCUT2D eigenvalue weighted by molar-refractivity contribution is -0.319. The van der Waals surface area contributed by atoms with Crippen molar-refractivity contribution in [1.29, 1.82) is 0 Å². The summed E-state index contributed by atoms with van der Waals surface area (Å²) in [5.74, 6) is -3.43. The number of hydrogen-bond donors (Lipinski definition) is 2. The van der Waals surface area contributed by atoms with Crippen LogP contribution in [-0.2, 0) is 52.2 Å². The van der Waals surface area contributed by atoms with E-state index in [-0.39, 0.29) is 30.8 Å². The van der Waals surface area contributed by atoms with Crippen molar-refractivity contribution in [3.63, 3.8) is 0 Å². The summed E-state index contributed by atoms with van der Waals surface area (Å²) in [5.41, 5.74) is -3.37. The lowest BCUT2D eigenvalue weighted by Gasteiger charge is -2.50. The second kappa shape index (κ2) is 19.0. The van der Waals surface area contributed by atoms with Crippen molar-refractivity contribution in [2.45, 2.75) is 179 Å². The van der Waals surface area contributed by atoms with Crippen LogP contribution in [-0.4, -0.2) is 154 Å². The Morgan fingerprint density at radius 2 is 1.43 bits per heavy atom. The molecule has 0 spiro atoms. The number of aliphatic hydroxyl groups is 2. The van der Waals surface area contributed by atoms with Crippen molar-refractivity contribution in [2.75, 3.05) is 42.5 Å². The second-order valence-corrected chi connectivity index (χ2v) is 17.0. The van der Waals surface area contributed by atoms with Gasteiger partial charge in [-0.3, -0.25) is 9.59 Å². The molecule has 0 amide bonds. The minimum absolute atomic E-state index is 0.0866. The maximum absolute atomic E-state index is 14.5. The normalized spacial score (nSPS) is 47.6. The molecule has 3 heterocycles. The smallest absolute Gasteiger partial charge is 0.311 e. The van der Waals surface area contributed by atoms with E-state index in [0.29, 0.717) is 12.8 Å². The van der Waals surface area contributed by atoms with Crippen LogP contribution < -0.4 is 0 Å². The quantitative estimate of drug-likeness (QED) is 0.309. The van der Waals surface area contributed by atoms with Gasteiger partial charge in [0.2, 0.25) is 0 Å². The molecule has 3 aliphatic heterocycles. The van der Waals surface area contributed by atoms with Gasteiger partial charge in [-0.05, 0) is 74.9 Å². The summed E-state index contributed by atoms with van der Waals surface area (Å²) in [4.78, 5) is 30.8. The monoisotopic (exact) mass is 776 g/mol. The highest BCUT2D eigenvalue weighted by molar-refractivity contribution is 5.83. The average molecular weight is 776 g/mol. The predicted octanol–water partition coefficient (Wildman–Crippen LogP) is 3.75. The first-order chi connectivity index (χ1) is 25.1. The van der Waals surface area contributed by atoms with E-state index in [1.54, 1.807) is 34.8 Å². The summed E-state index contributed by atoms with van der Waals surface area (Å²) in [7, 11) is 9.95. The van der Waals surface area contributed by atoms with E-state index >= 15 is 0 Å². The number of ketones is 1. The summed E-state index contributed by atoms with van der Waals surface area (Å²) in [6.45, 7) is 18.3. The van der Waals surface area contributed by atoms with Gasteiger partial charge in [-0.2, -0.15) is 0 Å². The Kier molecular flexibility index (Phi) is 16.5. The number of esters is 1. The number of ether oxygens (including phenoxy) is 9. The number of rotatable bonds is 10. The third-order valence-electron chi connectivity index (χ3n) is 12.9. The minimum Gasteiger partial charge on any atom is -0.459 e. The van der Waals surface area contributed by atoms with Crippen LogP contribution in [0.1, 0.15) is 94.9 Å². The number of nitrogens with zero attached hydrogens (tertiary/aromatic N) is 1. The Hall–Kier alpha value is -1.30. The van der Waals surface area contributed by atoms with Gasteiger partial charge in [0.15, 0.2) is 12.6 Å². The number of Topliss-reactive ketones (excluding diaryl/α,β-unsaturated/α-hetero) is 1. The van der Waals surface area contributed by atoms with Crippen LogP contribution in [0.3, 0.4) is 0 Å². The lowest BCUT2D eigenvalue weighted by Crippen LogP contribution is -2.61. The Labute approximate surface area is 324 Å². The standard InChI is InChI=1S/C40H73NO13/c1-17-28-40(10,49-16)35(46-13)23(4)30(42)21(2)19-39(9,48-15)34(54-37-31(43)27(41(11)12)18-22(3)50-37)24(5)32(25(6)36(45)52-28)53-29-20-38(8,47-14)33(44)26(7)51-29/h21-29,31-35,37,43-44H,17-20H2,1-16H3/t21-,22-,23+,24+,25-,26+,27+,28-,29+,31-,32+,33+,34-,35-,37+,38-,39-,40-/m1/s1. The first-order valence-corrected chi connectivity index (χ1v) is 19.7. The van der Waals surface area contributed by atoms with Gasteiger partial charge in [-0.1, -0.05) is 27.7 Å². The summed E-state index contributed by atoms with van der Waals surface area (Å²) < 4.78 is 56.8. The molecule has 2 N–H and O–H groups in total. The number of methoxy groups -OCH3 is 4. The number of carbonyl (C=O) groups excluding carboxylic acids is 2. The number of carbonyl (C=O) groups is 2. The molecule has 0 radical (unpaired) electrons. The summed E-state index contributed by atoms with van der Waals surface area (Å²) >= 11 is 0. The maximum atomic E-state index is 14.5. The highest BCUT2D eigenvalue weighted by atomic mass is 16.7. The van der Waals surface area contributed by atoms with Gasteiger partial charge in [0.1, 0.15) is 29.7 Å². The fraction of sp³-hybridized carbons (Fsp3) is 0.950. The molecule has 0 aromatic rings. The Morgan fingerprint density at radius 3 is 1.94 bits per heavy atom. The second-order valence-electron chi connectivity index (χ2n) is 17.0. The van der Waals surface area contributed by atoms with Crippen molar-refractivity contribution in [3.8, 4) is 0 Å². The van der Waals surface area contributed by atoms with Gasteiger partial charge in [0.25, 0.3) is 0 Å². The van der Waals surface area contributed by atoms with E-state index in [1.807, 2.05) is 60.5 Å². The van der Waals surface area contributed by atoms with Crippen LogP contribution in [0, 0.1) is 23.7 Å². The first-order valence-electron chi connectivity index (χ1n) is 19.7. The van der Waals surface area contributed by atoms with Crippen LogP contribution in [0.25, 0.3) is 0 Å². The molecule has 0 aromatic heterocycles. The lowest BCUT2D eigenvalue weighted by atomic mass is 9.73. The van der Waals surface area contributed by atoms with Crippen LogP contribution in [0.15, 0.2) is 0 Å². The fourth-order valence-corrected chi connectivity index (χ4v) is 9.24. The summed E-state index contributed by atoms with van der Waals surface area (Å²) in [6, 6.07) is -0.258. The van der Waals surface area contributed by atoms with Gasteiger partial charge in [0, 0.05) is 58.7 Å². The number of hydrogen-bond acceptors (Lipinski definition) is 14. The third-order valence-corrected chi connectivity index (χ3v) is 12.9. The topological polar surface area (TPSA) is 161 Å². The largest absolute Gasteiger partial charge is 0.459 e. The van der Waals surface area contributed by atoms with Crippen molar-refractivity contribution in [1.82, 2.24) is 4.90 Å². The summed E-state index contributed by atoms with van der Waals surface area (Å²) in [5, 5.41) is 22.6. The number of likely N-dealkylation sites (N-methyl/N-ethyl adjacent to an activating group) is 1. The number of cyclic esters (lactones) is 1. The van der Waals surface area contributed by atoms with Gasteiger partial charge >= 0.3 is 5.97 Å². The molecule has 3 saturated heterocycles. The zero-order valence-electron chi connectivity index (χ0n) is 35.8.